The molecule has 0 spiro atoms. The Morgan fingerprint density at radius 2 is 2.25 bits per heavy atom. The topological polar surface area (TPSA) is 96.5 Å². The minimum atomic E-state index is -0.516. The molecule has 0 aliphatic carbocycles. The van der Waals surface area contributed by atoms with Gasteiger partial charge in [0.15, 0.2) is 0 Å². The van der Waals surface area contributed by atoms with Gasteiger partial charge in [-0.15, -0.1) is 11.3 Å². The van der Waals surface area contributed by atoms with Crippen LogP contribution in [0.25, 0.3) is 0 Å². The highest BCUT2D eigenvalue weighted by molar-refractivity contribution is 7.12. The van der Waals surface area contributed by atoms with E-state index < -0.39 is 12.0 Å². The summed E-state index contributed by atoms with van der Waals surface area (Å²) in [5.41, 5.74) is 1.26. The maximum Gasteiger partial charge on any atom is 0.350 e. The summed E-state index contributed by atoms with van der Waals surface area (Å²) in [6, 6.07) is -0.516. The Hall–Kier alpha value is -1.93. The van der Waals surface area contributed by atoms with E-state index in [2.05, 4.69) is 20.7 Å². The fourth-order valence-electron chi connectivity index (χ4n) is 1.80. The van der Waals surface area contributed by atoms with Crippen molar-refractivity contribution in [2.75, 3.05) is 25.5 Å². The van der Waals surface area contributed by atoms with Gasteiger partial charge in [-0.25, -0.2) is 4.79 Å². The summed E-state index contributed by atoms with van der Waals surface area (Å²) >= 11 is 1.22. The number of piperazine rings is 1. The third kappa shape index (κ3) is 2.97. The van der Waals surface area contributed by atoms with Crippen LogP contribution in [0.15, 0.2) is 5.38 Å². The monoisotopic (exact) mass is 297 g/mol. The summed E-state index contributed by atoms with van der Waals surface area (Å²) in [6.45, 7) is 2.13. The zero-order valence-electron chi connectivity index (χ0n) is 11.1. The summed E-state index contributed by atoms with van der Waals surface area (Å²) in [6.07, 6.45) is 0. The molecule has 1 aliphatic heterocycles. The first-order chi connectivity index (χ1) is 9.52. The Morgan fingerprint density at radius 3 is 2.85 bits per heavy atom. The van der Waals surface area contributed by atoms with Crippen LogP contribution < -0.4 is 16.0 Å². The van der Waals surface area contributed by atoms with E-state index >= 15 is 0 Å². The van der Waals surface area contributed by atoms with E-state index in [1.807, 2.05) is 0 Å². The van der Waals surface area contributed by atoms with E-state index in [0.717, 1.165) is 5.56 Å². The number of carbonyl (C=O) groups is 3. The quantitative estimate of drug-likeness (QED) is 0.675. The lowest BCUT2D eigenvalue weighted by molar-refractivity contribution is -0.124. The summed E-state index contributed by atoms with van der Waals surface area (Å²) in [4.78, 5) is 35.1. The van der Waals surface area contributed by atoms with Crippen molar-refractivity contribution < 1.29 is 19.1 Å². The number of hydrogen-bond acceptors (Lipinski definition) is 6. The average molecular weight is 297 g/mol. The molecule has 2 heterocycles. The highest BCUT2D eigenvalue weighted by Crippen LogP contribution is 2.28. The predicted molar refractivity (Wildman–Crippen MR) is 73.8 cm³/mol. The number of hydrogen-bond donors (Lipinski definition) is 3. The van der Waals surface area contributed by atoms with Crippen molar-refractivity contribution >= 4 is 34.8 Å². The summed E-state index contributed by atoms with van der Waals surface area (Å²) in [5.74, 6) is -0.920. The van der Waals surface area contributed by atoms with Crippen molar-refractivity contribution in [1.29, 1.82) is 0 Å². The van der Waals surface area contributed by atoms with Crippen LogP contribution in [0.4, 0.5) is 5.69 Å². The molecule has 1 unspecified atom stereocenters. The van der Waals surface area contributed by atoms with Crippen molar-refractivity contribution in [1.82, 2.24) is 10.6 Å². The van der Waals surface area contributed by atoms with Gasteiger partial charge in [0.1, 0.15) is 10.9 Å². The molecule has 1 aromatic rings. The van der Waals surface area contributed by atoms with E-state index in [9.17, 15) is 14.4 Å². The number of aryl methyl sites for hydroxylation is 1. The second-order valence-corrected chi connectivity index (χ2v) is 5.22. The molecule has 0 bridgehead atoms. The lowest BCUT2D eigenvalue weighted by Crippen LogP contribution is -2.56. The molecule has 1 saturated heterocycles. The molecule has 20 heavy (non-hydrogen) atoms. The van der Waals surface area contributed by atoms with Gasteiger partial charge in [-0.05, 0) is 17.9 Å². The average Bonchev–Trinajstić information content (AvgIpc) is 2.80. The molecule has 108 valence electrons. The van der Waals surface area contributed by atoms with Crippen LogP contribution in [0.1, 0.15) is 15.2 Å². The lowest BCUT2D eigenvalue weighted by Gasteiger charge is -2.23. The van der Waals surface area contributed by atoms with Gasteiger partial charge in [0.2, 0.25) is 11.8 Å². The number of esters is 1. The minimum absolute atomic E-state index is 0.102. The number of rotatable bonds is 3. The molecule has 0 saturated carbocycles. The van der Waals surface area contributed by atoms with Crippen molar-refractivity contribution in [2.45, 2.75) is 13.0 Å². The Morgan fingerprint density at radius 1 is 1.50 bits per heavy atom. The first-order valence-electron chi connectivity index (χ1n) is 6.00. The minimum Gasteiger partial charge on any atom is -0.465 e. The van der Waals surface area contributed by atoms with Crippen LogP contribution in [-0.2, 0) is 14.3 Å². The molecular weight excluding hydrogens is 282 g/mol. The van der Waals surface area contributed by atoms with E-state index in [-0.39, 0.29) is 24.9 Å². The summed E-state index contributed by atoms with van der Waals surface area (Å²) < 4.78 is 4.68. The van der Waals surface area contributed by atoms with Crippen LogP contribution in [0, 0.1) is 6.92 Å². The molecule has 2 amide bonds. The highest BCUT2D eigenvalue weighted by atomic mass is 32.1. The van der Waals surface area contributed by atoms with Gasteiger partial charge in [0.25, 0.3) is 0 Å². The van der Waals surface area contributed by atoms with Crippen LogP contribution in [0.5, 0.6) is 0 Å². The fourth-order valence-corrected chi connectivity index (χ4v) is 2.73. The summed E-state index contributed by atoms with van der Waals surface area (Å²) in [7, 11) is 1.29. The number of nitrogens with one attached hydrogen (secondary N) is 3. The molecule has 7 nitrogen and oxygen atoms in total. The van der Waals surface area contributed by atoms with Gasteiger partial charge in [0, 0.05) is 6.54 Å². The van der Waals surface area contributed by atoms with Crippen LogP contribution in [-0.4, -0.2) is 44.0 Å². The van der Waals surface area contributed by atoms with Crippen molar-refractivity contribution in [2.24, 2.45) is 0 Å². The van der Waals surface area contributed by atoms with Gasteiger partial charge < -0.3 is 15.4 Å². The standard InChI is InChI=1S/C12H15N3O4S/c1-6-5-20-10(12(18)19-2)9(6)15-11(17)7-3-14-8(16)4-13-7/h5,7,13H,3-4H2,1-2H3,(H,14,16)(H,15,17). The van der Waals surface area contributed by atoms with Gasteiger partial charge >= 0.3 is 5.97 Å². The zero-order valence-corrected chi connectivity index (χ0v) is 11.9. The predicted octanol–water partition coefficient (Wildman–Crippen LogP) is -0.130. The van der Waals surface area contributed by atoms with Gasteiger partial charge in [-0.2, -0.15) is 0 Å². The molecule has 1 fully saturated rings. The fraction of sp³-hybridized carbons (Fsp3) is 0.417. The molecule has 1 aliphatic rings. The van der Waals surface area contributed by atoms with E-state index in [4.69, 9.17) is 0 Å². The van der Waals surface area contributed by atoms with Crippen molar-refractivity contribution in [3.05, 3.63) is 15.8 Å². The smallest absolute Gasteiger partial charge is 0.350 e. The molecule has 0 radical (unpaired) electrons. The third-order valence-electron chi connectivity index (χ3n) is 2.92. The molecular formula is C12H15N3O4S. The Bertz CT molecular complexity index is 545. The molecule has 0 aromatic carbocycles. The van der Waals surface area contributed by atoms with E-state index in [1.165, 1.54) is 18.4 Å². The number of thiophene rings is 1. The first kappa shape index (κ1) is 14.5. The number of carbonyl (C=O) groups excluding carboxylic acids is 3. The molecule has 3 N–H and O–H groups in total. The highest BCUT2D eigenvalue weighted by Gasteiger charge is 2.26. The lowest BCUT2D eigenvalue weighted by atomic mass is 10.2. The maximum atomic E-state index is 12.1. The largest absolute Gasteiger partial charge is 0.465 e. The number of methoxy groups -OCH3 is 1. The number of ether oxygens (including phenoxy) is 1. The molecule has 1 aromatic heterocycles. The SMILES string of the molecule is COC(=O)c1scc(C)c1NC(=O)C1CNC(=O)CN1. The Kier molecular flexibility index (Phi) is 4.35. The van der Waals surface area contributed by atoms with Crippen molar-refractivity contribution in [3.8, 4) is 0 Å². The zero-order chi connectivity index (χ0) is 14.7. The maximum absolute atomic E-state index is 12.1. The van der Waals surface area contributed by atoms with Crippen LogP contribution in [0.3, 0.4) is 0 Å². The van der Waals surface area contributed by atoms with E-state index in [0.29, 0.717) is 10.6 Å². The first-order valence-corrected chi connectivity index (χ1v) is 6.88. The summed E-state index contributed by atoms with van der Waals surface area (Å²) in [5, 5.41) is 9.92. The van der Waals surface area contributed by atoms with Crippen molar-refractivity contribution in [3.63, 3.8) is 0 Å². The second-order valence-electron chi connectivity index (χ2n) is 4.34. The van der Waals surface area contributed by atoms with Crippen LogP contribution in [0.2, 0.25) is 0 Å². The number of amides is 2. The normalized spacial score (nSPS) is 18.3. The molecule has 2 rings (SSSR count). The van der Waals surface area contributed by atoms with E-state index in [1.54, 1.807) is 12.3 Å². The third-order valence-corrected chi connectivity index (χ3v) is 4.00. The molecule has 8 heteroatoms. The molecule has 1 atom stereocenters. The second kappa shape index (κ2) is 6.02. The van der Waals surface area contributed by atoms with Gasteiger partial charge in [-0.1, -0.05) is 0 Å². The Labute approximate surface area is 119 Å². The number of anilines is 1. The van der Waals surface area contributed by atoms with Crippen LogP contribution >= 0.6 is 11.3 Å². The Balaban J connectivity index is 2.09. The van der Waals surface area contributed by atoms with Gasteiger partial charge in [0.05, 0.1) is 19.3 Å². The van der Waals surface area contributed by atoms with Gasteiger partial charge in [-0.3, -0.25) is 14.9 Å².